The first kappa shape index (κ1) is 17.1. The van der Waals surface area contributed by atoms with E-state index in [9.17, 15) is 4.79 Å². The standard InChI is InChI=1S/C21H18ClNO2/c1-15(2)13-18-14-19(20(22)21(24)25-18)23(16-9-5-3-6-10-16)17-11-7-4-8-12-17/h3-14H,1-2H3. The van der Waals surface area contributed by atoms with Crippen LogP contribution in [0.15, 0.2) is 81.5 Å². The molecule has 0 fully saturated rings. The molecule has 0 N–H and O–H groups in total. The van der Waals surface area contributed by atoms with Crippen LogP contribution in [-0.2, 0) is 0 Å². The van der Waals surface area contributed by atoms with Gasteiger partial charge < -0.3 is 9.32 Å². The number of hydrogen-bond acceptors (Lipinski definition) is 3. The number of hydrogen-bond donors (Lipinski definition) is 0. The summed E-state index contributed by atoms with van der Waals surface area (Å²) in [5.41, 5.74) is 2.88. The van der Waals surface area contributed by atoms with Gasteiger partial charge in [-0.05, 0) is 44.2 Å². The molecule has 0 aliphatic heterocycles. The Morgan fingerprint density at radius 1 is 0.960 bits per heavy atom. The van der Waals surface area contributed by atoms with Gasteiger partial charge in [0.15, 0.2) is 5.02 Å². The number of rotatable bonds is 4. The van der Waals surface area contributed by atoms with Gasteiger partial charge in [-0.3, -0.25) is 0 Å². The molecular formula is C21H18ClNO2. The fourth-order valence-electron chi connectivity index (χ4n) is 2.58. The molecule has 0 spiro atoms. The molecule has 0 saturated heterocycles. The van der Waals surface area contributed by atoms with Crippen LogP contribution in [0.2, 0.25) is 5.02 Å². The second-order valence-electron chi connectivity index (χ2n) is 5.86. The monoisotopic (exact) mass is 351 g/mol. The lowest BCUT2D eigenvalue weighted by Gasteiger charge is -2.25. The maximum Gasteiger partial charge on any atom is 0.357 e. The number of anilines is 3. The average molecular weight is 352 g/mol. The normalized spacial score (nSPS) is 10.4. The van der Waals surface area contributed by atoms with Crippen LogP contribution in [0.5, 0.6) is 0 Å². The molecule has 2 aromatic carbocycles. The molecule has 25 heavy (non-hydrogen) atoms. The van der Waals surface area contributed by atoms with E-state index in [-0.39, 0.29) is 5.02 Å². The van der Waals surface area contributed by atoms with Gasteiger partial charge in [-0.1, -0.05) is 53.6 Å². The van der Waals surface area contributed by atoms with Crippen molar-refractivity contribution in [3.05, 3.63) is 93.5 Å². The molecule has 0 aliphatic rings. The predicted octanol–water partition coefficient (Wildman–Crippen LogP) is 6.19. The molecule has 4 heteroatoms. The SMILES string of the molecule is CC(C)=Cc1cc(N(c2ccccc2)c2ccccc2)c(Cl)c(=O)o1. The van der Waals surface area contributed by atoms with E-state index in [0.717, 1.165) is 16.9 Å². The molecule has 3 nitrogen and oxygen atoms in total. The average Bonchev–Trinajstić information content (AvgIpc) is 2.60. The van der Waals surface area contributed by atoms with Crippen LogP contribution in [-0.4, -0.2) is 0 Å². The molecule has 1 heterocycles. The van der Waals surface area contributed by atoms with E-state index in [2.05, 4.69) is 0 Å². The third-order valence-electron chi connectivity index (χ3n) is 3.59. The van der Waals surface area contributed by atoms with Crippen molar-refractivity contribution in [2.75, 3.05) is 4.90 Å². The Kier molecular flexibility index (Phi) is 5.05. The minimum atomic E-state index is -0.552. The summed E-state index contributed by atoms with van der Waals surface area (Å²) in [6.07, 6.45) is 1.81. The van der Waals surface area contributed by atoms with Gasteiger partial charge in [0.1, 0.15) is 5.76 Å². The van der Waals surface area contributed by atoms with Crippen molar-refractivity contribution in [1.29, 1.82) is 0 Å². The quantitative estimate of drug-likeness (QED) is 0.562. The van der Waals surface area contributed by atoms with E-state index in [1.165, 1.54) is 0 Å². The number of halogens is 1. The first-order valence-electron chi connectivity index (χ1n) is 7.95. The molecule has 3 rings (SSSR count). The molecule has 0 atom stereocenters. The molecule has 0 unspecified atom stereocenters. The highest BCUT2D eigenvalue weighted by molar-refractivity contribution is 6.33. The lowest BCUT2D eigenvalue weighted by molar-refractivity contribution is 0.501. The molecule has 3 aromatic rings. The van der Waals surface area contributed by atoms with Crippen LogP contribution in [0.1, 0.15) is 19.6 Å². The van der Waals surface area contributed by atoms with Gasteiger partial charge in [-0.2, -0.15) is 0 Å². The van der Waals surface area contributed by atoms with Gasteiger partial charge in [0.25, 0.3) is 0 Å². The maximum absolute atomic E-state index is 12.3. The fraction of sp³-hybridized carbons (Fsp3) is 0.0952. The summed E-state index contributed by atoms with van der Waals surface area (Å²) in [6.45, 7) is 3.89. The van der Waals surface area contributed by atoms with Crippen molar-refractivity contribution in [3.63, 3.8) is 0 Å². The van der Waals surface area contributed by atoms with E-state index in [1.807, 2.05) is 85.5 Å². The number of nitrogens with zero attached hydrogens (tertiary/aromatic N) is 1. The highest BCUT2D eigenvalue weighted by atomic mass is 35.5. The topological polar surface area (TPSA) is 33.5 Å². The minimum Gasteiger partial charge on any atom is -0.422 e. The predicted molar refractivity (Wildman–Crippen MR) is 104 cm³/mol. The number of para-hydroxylation sites is 2. The van der Waals surface area contributed by atoms with Crippen LogP contribution < -0.4 is 10.5 Å². The second-order valence-corrected chi connectivity index (χ2v) is 6.24. The van der Waals surface area contributed by atoms with E-state index in [4.69, 9.17) is 16.0 Å². The largest absolute Gasteiger partial charge is 0.422 e. The summed E-state index contributed by atoms with van der Waals surface area (Å²) in [4.78, 5) is 14.2. The van der Waals surface area contributed by atoms with Crippen molar-refractivity contribution in [2.24, 2.45) is 0 Å². The first-order valence-corrected chi connectivity index (χ1v) is 8.33. The van der Waals surface area contributed by atoms with Crippen LogP contribution in [0, 0.1) is 0 Å². The Labute approximate surface area is 151 Å². The molecule has 0 bridgehead atoms. The Bertz CT molecular complexity index is 903. The number of benzene rings is 2. The fourth-order valence-corrected chi connectivity index (χ4v) is 2.76. The zero-order chi connectivity index (χ0) is 17.8. The Morgan fingerprint density at radius 2 is 1.48 bits per heavy atom. The van der Waals surface area contributed by atoms with Crippen molar-refractivity contribution < 1.29 is 4.42 Å². The summed E-state index contributed by atoms with van der Waals surface area (Å²) < 4.78 is 5.29. The molecule has 126 valence electrons. The van der Waals surface area contributed by atoms with Crippen molar-refractivity contribution in [1.82, 2.24) is 0 Å². The van der Waals surface area contributed by atoms with Gasteiger partial charge in [0.05, 0.1) is 5.69 Å². The van der Waals surface area contributed by atoms with Crippen LogP contribution in [0.25, 0.3) is 6.08 Å². The van der Waals surface area contributed by atoms with E-state index in [0.29, 0.717) is 11.4 Å². The van der Waals surface area contributed by atoms with Gasteiger partial charge in [-0.15, -0.1) is 0 Å². The van der Waals surface area contributed by atoms with Crippen LogP contribution >= 0.6 is 11.6 Å². The Balaban J connectivity index is 2.26. The Morgan fingerprint density at radius 3 is 1.96 bits per heavy atom. The third-order valence-corrected chi connectivity index (χ3v) is 3.94. The maximum atomic E-state index is 12.3. The molecule has 0 saturated carbocycles. The van der Waals surface area contributed by atoms with E-state index < -0.39 is 5.63 Å². The molecule has 0 radical (unpaired) electrons. The summed E-state index contributed by atoms with van der Waals surface area (Å²) in [5.74, 6) is 0.473. The summed E-state index contributed by atoms with van der Waals surface area (Å²) in [5, 5.41) is 0.0543. The summed E-state index contributed by atoms with van der Waals surface area (Å²) in [6, 6.07) is 21.3. The van der Waals surface area contributed by atoms with E-state index in [1.54, 1.807) is 6.07 Å². The van der Waals surface area contributed by atoms with Gasteiger partial charge in [0.2, 0.25) is 0 Å². The molecule has 0 amide bonds. The van der Waals surface area contributed by atoms with Gasteiger partial charge in [-0.25, -0.2) is 4.79 Å². The minimum absolute atomic E-state index is 0.0543. The van der Waals surface area contributed by atoms with Gasteiger partial charge >= 0.3 is 5.63 Å². The molecular weight excluding hydrogens is 334 g/mol. The molecule has 0 aliphatic carbocycles. The third kappa shape index (κ3) is 3.83. The zero-order valence-electron chi connectivity index (χ0n) is 14.1. The Hall–Kier alpha value is -2.78. The van der Waals surface area contributed by atoms with Gasteiger partial charge in [0, 0.05) is 17.4 Å². The van der Waals surface area contributed by atoms with E-state index >= 15 is 0 Å². The summed E-state index contributed by atoms with van der Waals surface area (Å²) in [7, 11) is 0. The lowest BCUT2D eigenvalue weighted by Crippen LogP contribution is -2.14. The lowest BCUT2D eigenvalue weighted by atomic mass is 10.2. The number of allylic oxidation sites excluding steroid dienone is 1. The summed E-state index contributed by atoms with van der Waals surface area (Å²) >= 11 is 6.33. The van der Waals surface area contributed by atoms with Crippen molar-refractivity contribution in [3.8, 4) is 0 Å². The van der Waals surface area contributed by atoms with Crippen LogP contribution in [0.4, 0.5) is 17.1 Å². The van der Waals surface area contributed by atoms with Crippen LogP contribution in [0.3, 0.4) is 0 Å². The van der Waals surface area contributed by atoms with Crippen molar-refractivity contribution >= 4 is 34.7 Å². The first-order chi connectivity index (χ1) is 12.1. The van der Waals surface area contributed by atoms with Crippen molar-refractivity contribution in [2.45, 2.75) is 13.8 Å². The second kappa shape index (κ2) is 7.41. The molecule has 1 aromatic heterocycles. The smallest absolute Gasteiger partial charge is 0.357 e. The highest BCUT2D eigenvalue weighted by Gasteiger charge is 2.19. The highest BCUT2D eigenvalue weighted by Crippen LogP contribution is 2.37. The zero-order valence-corrected chi connectivity index (χ0v) is 14.8.